The quantitative estimate of drug-likeness (QED) is 0.816. The van der Waals surface area contributed by atoms with Crippen molar-refractivity contribution in [3.8, 4) is 0 Å². The van der Waals surface area contributed by atoms with Crippen LogP contribution in [0.4, 0.5) is 0 Å². The highest BCUT2D eigenvalue weighted by molar-refractivity contribution is 5.23. The zero-order valence-corrected chi connectivity index (χ0v) is 13.5. The summed E-state index contributed by atoms with van der Waals surface area (Å²) >= 11 is 0. The molecular weight excluding hydrogens is 256 g/mol. The second-order valence-electron chi connectivity index (χ2n) is 6.98. The molecule has 2 aliphatic rings. The number of piperidine rings is 1. The molecule has 1 saturated heterocycles. The van der Waals surface area contributed by atoms with Crippen molar-refractivity contribution in [3.63, 3.8) is 0 Å². The van der Waals surface area contributed by atoms with Gasteiger partial charge in [0.1, 0.15) is 0 Å². The first kappa shape index (κ1) is 15.1. The van der Waals surface area contributed by atoms with Gasteiger partial charge in [-0.2, -0.15) is 0 Å². The molecule has 0 unspecified atom stereocenters. The fraction of sp³-hybridized carbons (Fsp3) is 0.684. The maximum absolute atomic E-state index is 3.61. The predicted molar refractivity (Wildman–Crippen MR) is 89.2 cm³/mol. The van der Waals surface area contributed by atoms with Crippen LogP contribution in [-0.2, 0) is 13.1 Å². The Labute approximate surface area is 129 Å². The molecule has 21 heavy (non-hydrogen) atoms. The minimum Gasteiger partial charge on any atom is -0.310 e. The van der Waals surface area contributed by atoms with Crippen LogP contribution < -0.4 is 5.32 Å². The molecule has 1 saturated carbocycles. The Bertz CT molecular complexity index is 431. The molecule has 0 aromatic heterocycles. The van der Waals surface area contributed by atoms with E-state index < -0.39 is 0 Å². The summed E-state index contributed by atoms with van der Waals surface area (Å²) in [4.78, 5) is 2.64. The van der Waals surface area contributed by atoms with Crippen molar-refractivity contribution in [2.75, 3.05) is 13.1 Å². The maximum Gasteiger partial charge on any atom is 0.0233 e. The Balaban J connectivity index is 1.47. The van der Waals surface area contributed by atoms with Crippen molar-refractivity contribution in [2.45, 2.75) is 64.6 Å². The molecule has 2 heteroatoms. The van der Waals surface area contributed by atoms with Crippen molar-refractivity contribution in [1.82, 2.24) is 10.2 Å². The fourth-order valence-corrected chi connectivity index (χ4v) is 3.49. The van der Waals surface area contributed by atoms with Crippen LogP contribution >= 0.6 is 0 Å². The van der Waals surface area contributed by atoms with Gasteiger partial charge in [0.25, 0.3) is 0 Å². The number of hydrogen-bond donors (Lipinski definition) is 1. The first-order chi connectivity index (χ1) is 10.3. The molecule has 2 nitrogen and oxygen atoms in total. The summed E-state index contributed by atoms with van der Waals surface area (Å²) in [5.41, 5.74) is 2.93. The zero-order valence-electron chi connectivity index (χ0n) is 13.5. The first-order valence-electron chi connectivity index (χ1n) is 8.87. The van der Waals surface area contributed by atoms with E-state index in [-0.39, 0.29) is 0 Å². The lowest BCUT2D eigenvalue weighted by atomic mass is 9.92. The summed E-state index contributed by atoms with van der Waals surface area (Å²) in [7, 11) is 0. The van der Waals surface area contributed by atoms with Gasteiger partial charge in [0, 0.05) is 19.1 Å². The second-order valence-corrected chi connectivity index (χ2v) is 6.98. The Kier molecular flexibility index (Phi) is 5.32. The minimum atomic E-state index is 0.797. The Morgan fingerprint density at radius 3 is 2.57 bits per heavy atom. The molecular formula is C19H30N2. The van der Waals surface area contributed by atoms with Gasteiger partial charge in [-0.15, -0.1) is 0 Å². The highest BCUT2D eigenvalue weighted by Crippen LogP contribution is 2.23. The van der Waals surface area contributed by atoms with Gasteiger partial charge in [0.15, 0.2) is 0 Å². The Morgan fingerprint density at radius 1 is 1.10 bits per heavy atom. The van der Waals surface area contributed by atoms with Gasteiger partial charge >= 0.3 is 0 Å². The van der Waals surface area contributed by atoms with E-state index in [1.54, 1.807) is 0 Å². The van der Waals surface area contributed by atoms with Crippen molar-refractivity contribution >= 4 is 0 Å². The summed E-state index contributed by atoms with van der Waals surface area (Å²) < 4.78 is 0. The summed E-state index contributed by atoms with van der Waals surface area (Å²) in [6.07, 6.45) is 8.31. The lowest BCUT2D eigenvalue weighted by Gasteiger charge is -2.32. The minimum absolute atomic E-state index is 0.797. The number of hydrogen-bond acceptors (Lipinski definition) is 2. The molecule has 0 bridgehead atoms. The molecule has 1 N–H and O–H groups in total. The number of benzene rings is 1. The smallest absolute Gasteiger partial charge is 0.0233 e. The Morgan fingerprint density at radius 2 is 1.86 bits per heavy atom. The molecule has 3 rings (SSSR count). The van der Waals surface area contributed by atoms with Crippen LogP contribution in [0.3, 0.4) is 0 Å². The first-order valence-corrected chi connectivity index (χ1v) is 8.87. The highest BCUT2D eigenvalue weighted by atomic mass is 15.1. The van der Waals surface area contributed by atoms with E-state index in [0.29, 0.717) is 0 Å². The van der Waals surface area contributed by atoms with E-state index in [9.17, 15) is 0 Å². The molecule has 1 aromatic carbocycles. The molecule has 1 heterocycles. The van der Waals surface area contributed by atoms with Crippen molar-refractivity contribution in [1.29, 1.82) is 0 Å². The van der Waals surface area contributed by atoms with Gasteiger partial charge in [0.05, 0.1) is 0 Å². The largest absolute Gasteiger partial charge is 0.310 e. The monoisotopic (exact) mass is 286 g/mol. The highest BCUT2D eigenvalue weighted by Gasteiger charge is 2.20. The number of nitrogens with one attached hydrogen (secondary N) is 1. The van der Waals surface area contributed by atoms with E-state index in [1.807, 2.05) is 0 Å². The molecule has 1 aromatic rings. The van der Waals surface area contributed by atoms with Gasteiger partial charge in [-0.25, -0.2) is 0 Å². The third-order valence-corrected chi connectivity index (χ3v) is 4.97. The lowest BCUT2D eigenvalue weighted by molar-refractivity contribution is 0.172. The van der Waals surface area contributed by atoms with E-state index in [4.69, 9.17) is 0 Å². The van der Waals surface area contributed by atoms with E-state index in [2.05, 4.69) is 41.4 Å². The maximum atomic E-state index is 3.61. The van der Waals surface area contributed by atoms with Gasteiger partial charge in [-0.1, -0.05) is 44.0 Å². The predicted octanol–water partition coefficient (Wildman–Crippen LogP) is 3.95. The molecule has 0 amide bonds. The normalized spacial score (nSPS) is 20.8. The number of likely N-dealkylation sites (tertiary alicyclic amines) is 1. The van der Waals surface area contributed by atoms with Crippen molar-refractivity contribution < 1.29 is 0 Å². The number of nitrogens with zero attached hydrogens (tertiary/aromatic N) is 1. The lowest BCUT2D eigenvalue weighted by Crippen LogP contribution is -2.33. The molecule has 0 radical (unpaired) electrons. The fourth-order valence-electron chi connectivity index (χ4n) is 3.49. The molecule has 1 aliphatic heterocycles. The van der Waals surface area contributed by atoms with Gasteiger partial charge in [-0.3, -0.25) is 4.90 Å². The van der Waals surface area contributed by atoms with Crippen LogP contribution in [0.2, 0.25) is 0 Å². The molecule has 0 spiro atoms. The van der Waals surface area contributed by atoms with Crippen molar-refractivity contribution in [3.05, 3.63) is 35.4 Å². The third-order valence-electron chi connectivity index (χ3n) is 4.97. The van der Waals surface area contributed by atoms with Crippen LogP contribution in [0, 0.1) is 5.92 Å². The van der Waals surface area contributed by atoms with Gasteiger partial charge < -0.3 is 5.32 Å². The van der Waals surface area contributed by atoms with Gasteiger partial charge in [-0.05, 0) is 55.8 Å². The Hall–Kier alpha value is -0.860. The molecule has 0 atom stereocenters. The standard InChI is InChI=1S/C19H30N2/c1-2-4-16-9-11-21(12-10-16)15-18-6-3-5-17(13-18)14-20-19-7-8-19/h3,5-6,13,16,19-20H,2,4,7-12,14-15H2,1H3. The summed E-state index contributed by atoms with van der Waals surface area (Å²) in [5.74, 6) is 0.986. The van der Waals surface area contributed by atoms with E-state index in [1.165, 1.54) is 62.7 Å². The van der Waals surface area contributed by atoms with E-state index in [0.717, 1.165) is 25.0 Å². The third kappa shape index (κ3) is 4.82. The average Bonchev–Trinajstić information content (AvgIpc) is 3.32. The molecule has 116 valence electrons. The molecule has 1 aliphatic carbocycles. The van der Waals surface area contributed by atoms with Crippen LogP contribution in [-0.4, -0.2) is 24.0 Å². The summed E-state index contributed by atoms with van der Waals surface area (Å²) in [6, 6.07) is 9.97. The van der Waals surface area contributed by atoms with E-state index >= 15 is 0 Å². The van der Waals surface area contributed by atoms with Crippen molar-refractivity contribution in [2.24, 2.45) is 5.92 Å². The SMILES string of the molecule is CCCC1CCN(Cc2cccc(CNC3CC3)c2)CC1. The summed E-state index contributed by atoms with van der Waals surface area (Å²) in [5, 5.41) is 3.61. The number of rotatable bonds is 7. The topological polar surface area (TPSA) is 15.3 Å². The summed E-state index contributed by atoms with van der Waals surface area (Å²) in [6.45, 7) is 7.06. The van der Waals surface area contributed by atoms with Gasteiger partial charge in [0.2, 0.25) is 0 Å². The zero-order chi connectivity index (χ0) is 14.5. The van der Waals surface area contributed by atoms with Crippen LogP contribution in [0.1, 0.15) is 56.6 Å². The van der Waals surface area contributed by atoms with Crippen LogP contribution in [0.15, 0.2) is 24.3 Å². The van der Waals surface area contributed by atoms with Crippen LogP contribution in [0.5, 0.6) is 0 Å². The average molecular weight is 286 g/mol. The molecule has 2 fully saturated rings. The second kappa shape index (κ2) is 7.42. The van der Waals surface area contributed by atoms with Crippen LogP contribution in [0.25, 0.3) is 0 Å².